The molecule has 0 unspecified atom stereocenters. The topological polar surface area (TPSA) is 76.1 Å². The van der Waals surface area contributed by atoms with Crippen LogP contribution < -0.4 is 20.0 Å². The summed E-state index contributed by atoms with van der Waals surface area (Å²) in [5, 5.41) is 13.9. The molecule has 3 aromatic carbocycles. The van der Waals surface area contributed by atoms with Gasteiger partial charge in [-0.1, -0.05) is 18.7 Å². The molecule has 51 heavy (non-hydrogen) atoms. The van der Waals surface area contributed by atoms with Crippen molar-refractivity contribution in [3.63, 3.8) is 0 Å². The van der Waals surface area contributed by atoms with Gasteiger partial charge in [0.25, 0.3) is 5.91 Å². The van der Waals surface area contributed by atoms with Crippen LogP contribution in [0.25, 0.3) is 0 Å². The first-order valence-corrected chi connectivity index (χ1v) is 18.1. The highest BCUT2D eigenvalue weighted by Gasteiger charge is 2.48. The first-order chi connectivity index (χ1) is 24.2. The fourth-order valence-corrected chi connectivity index (χ4v) is 9.22. The Morgan fingerprint density at radius 2 is 1.76 bits per heavy atom. The average molecular weight is 701 g/mol. The average Bonchev–Trinajstić information content (AvgIpc) is 3.62. The van der Waals surface area contributed by atoms with Gasteiger partial charge in [-0.2, -0.15) is 0 Å². The van der Waals surface area contributed by atoms with Crippen LogP contribution in [0.15, 0.2) is 67.3 Å². The van der Waals surface area contributed by atoms with E-state index in [1.807, 2.05) is 11.0 Å². The smallest absolute Gasteiger partial charge is 0.250 e. The van der Waals surface area contributed by atoms with E-state index in [0.717, 1.165) is 85.6 Å². The number of halogens is 3. The summed E-state index contributed by atoms with van der Waals surface area (Å²) in [6, 6.07) is 14.1. The third kappa shape index (κ3) is 6.52. The standard InChI is InChI=1S/C41H47F3N4O3/c1-5-38(50)47-25-40(4)13-6-16-48(40)35-23-29(9-12-34(35)47)46-17-14-41(15-18-46)24-27(30-10-8-28(42)22-31(30)41)21-37(49)45-36(39(2,3)51)20-26-7-11-32(43)33(44)19-26/h5,7-12,19,22-23,27,36,51H,1,6,13-18,20-21,24-25H2,2-4H3,(H,45,49)/t27-,36-,40+/m1/s1. The third-order valence-corrected chi connectivity index (χ3v) is 12.0. The number of carbonyl (C=O) groups excluding carboxylic acids is 2. The van der Waals surface area contributed by atoms with E-state index >= 15 is 0 Å². The molecule has 270 valence electrons. The van der Waals surface area contributed by atoms with Crippen molar-refractivity contribution in [2.24, 2.45) is 0 Å². The van der Waals surface area contributed by atoms with E-state index in [-0.39, 0.29) is 47.3 Å². The molecule has 0 bridgehead atoms. The number of rotatable bonds is 8. The molecule has 4 aliphatic rings. The molecule has 7 nitrogen and oxygen atoms in total. The lowest BCUT2D eigenvalue weighted by Crippen LogP contribution is -2.55. The number of hydrogen-bond donors (Lipinski definition) is 2. The van der Waals surface area contributed by atoms with E-state index in [4.69, 9.17) is 0 Å². The summed E-state index contributed by atoms with van der Waals surface area (Å²) >= 11 is 0. The molecule has 3 heterocycles. The highest BCUT2D eigenvalue weighted by Crippen LogP contribution is 2.54. The maximum atomic E-state index is 14.8. The molecule has 0 aromatic heterocycles. The number of benzene rings is 3. The van der Waals surface area contributed by atoms with Gasteiger partial charge in [-0.05, 0) is 136 Å². The Morgan fingerprint density at radius 3 is 2.47 bits per heavy atom. The molecule has 1 aliphatic carbocycles. The first-order valence-electron chi connectivity index (χ1n) is 18.1. The number of nitrogens with zero attached hydrogens (tertiary/aromatic N) is 3. The summed E-state index contributed by atoms with van der Waals surface area (Å²) in [7, 11) is 0. The van der Waals surface area contributed by atoms with Crippen LogP contribution in [0, 0.1) is 17.5 Å². The molecular formula is C41H47F3N4O3. The van der Waals surface area contributed by atoms with E-state index in [9.17, 15) is 27.9 Å². The Morgan fingerprint density at radius 1 is 1.00 bits per heavy atom. The molecular weight excluding hydrogens is 653 g/mol. The van der Waals surface area contributed by atoms with E-state index < -0.39 is 23.3 Å². The van der Waals surface area contributed by atoms with Gasteiger partial charge in [0.2, 0.25) is 5.91 Å². The minimum Gasteiger partial charge on any atom is -0.388 e. The molecule has 3 atom stereocenters. The van der Waals surface area contributed by atoms with Crippen molar-refractivity contribution < 1.29 is 27.9 Å². The first kappa shape index (κ1) is 35.1. The summed E-state index contributed by atoms with van der Waals surface area (Å²) in [4.78, 5) is 33.2. The number of aliphatic hydroxyl groups is 1. The Balaban J connectivity index is 1.08. The minimum absolute atomic E-state index is 0.0917. The van der Waals surface area contributed by atoms with Gasteiger partial charge in [0.15, 0.2) is 11.6 Å². The second-order valence-corrected chi connectivity index (χ2v) is 15.9. The van der Waals surface area contributed by atoms with Gasteiger partial charge in [0, 0.05) is 38.3 Å². The molecule has 3 aromatic rings. The largest absolute Gasteiger partial charge is 0.388 e. The number of carbonyl (C=O) groups is 2. The van der Waals surface area contributed by atoms with Gasteiger partial charge in [0.1, 0.15) is 5.82 Å². The van der Waals surface area contributed by atoms with Crippen LogP contribution in [0.5, 0.6) is 0 Å². The van der Waals surface area contributed by atoms with Crippen molar-refractivity contribution in [1.29, 1.82) is 0 Å². The molecule has 7 rings (SSSR count). The van der Waals surface area contributed by atoms with Gasteiger partial charge >= 0.3 is 0 Å². The lowest BCUT2D eigenvalue weighted by atomic mass is 9.73. The molecule has 1 spiro atoms. The van der Waals surface area contributed by atoms with E-state index in [2.05, 4.69) is 46.8 Å². The summed E-state index contributed by atoms with van der Waals surface area (Å²) in [5.74, 6) is -2.71. The highest BCUT2D eigenvalue weighted by atomic mass is 19.2. The van der Waals surface area contributed by atoms with Crippen LogP contribution in [0.4, 0.5) is 30.2 Å². The number of nitrogens with one attached hydrogen (secondary N) is 1. The third-order valence-electron chi connectivity index (χ3n) is 12.0. The predicted octanol–water partition coefficient (Wildman–Crippen LogP) is 6.91. The second kappa shape index (κ2) is 13.0. The summed E-state index contributed by atoms with van der Waals surface area (Å²) < 4.78 is 42.3. The lowest BCUT2D eigenvalue weighted by Gasteiger charge is -2.47. The zero-order valence-electron chi connectivity index (χ0n) is 29.7. The maximum Gasteiger partial charge on any atom is 0.250 e. The Bertz CT molecular complexity index is 1870. The molecule has 2 fully saturated rings. The Labute approximate surface area is 298 Å². The summed E-state index contributed by atoms with van der Waals surface area (Å²) in [6.07, 6.45) is 6.06. The van der Waals surface area contributed by atoms with Gasteiger partial charge in [0.05, 0.1) is 28.6 Å². The summed E-state index contributed by atoms with van der Waals surface area (Å²) in [5.41, 5.74) is 3.76. The van der Waals surface area contributed by atoms with Crippen LogP contribution in [0.2, 0.25) is 0 Å². The van der Waals surface area contributed by atoms with Crippen molar-refractivity contribution in [3.8, 4) is 0 Å². The van der Waals surface area contributed by atoms with Crippen molar-refractivity contribution in [3.05, 3.63) is 101 Å². The summed E-state index contributed by atoms with van der Waals surface area (Å²) in [6.45, 7) is 12.2. The molecule has 3 aliphatic heterocycles. The van der Waals surface area contributed by atoms with Crippen LogP contribution in [-0.2, 0) is 21.4 Å². The SMILES string of the molecule is C=CC(=O)N1C[C@]2(C)CCCN2c2cc(N3CCC4(CC3)C[C@@H](CC(=O)N[C@H](Cc3ccc(F)c(F)c3)C(C)(C)O)c3ccc(F)cc34)ccc21. The van der Waals surface area contributed by atoms with E-state index in [1.165, 1.54) is 18.2 Å². The van der Waals surface area contributed by atoms with Crippen molar-refractivity contribution in [2.45, 2.75) is 94.2 Å². The molecule has 0 saturated carbocycles. The van der Waals surface area contributed by atoms with Crippen molar-refractivity contribution in [2.75, 3.05) is 40.9 Å². The number of anilines is 3. The van der Waals surface area contributed by atoms with Crippen LogP contribution in [-0.4, -0.2) is 60.3 Å². The van der Waals surface area contributed by atoms with E-state index in [0.29, 0.717) is 18.5 Å². The fraction of sp³-hybridized carbons (Fsp3) is 0.463. The highest BCUT2D eigenvalue weighted by molar-refractivity contribution is 6.05. The second-order valence-electron chi connectivity index (χ2n) is 15.9. The number of hydrogen-bond acceptors (Lipinski definition) is 5. The van der Waals surface area contributed by atoms with Crippen LogP contribution >= 0.6 is 0 Å². The van der Waals surface area contributed by atoms with E-state index in [1.54, 1.807) is 19.9 Å². The van der Waals surface area contributed by atoms with Gasteiger partial charge in [-0.25, -0.2) is 13.2 Å². The quantitative estimate of drug-likeness (QED) is 0.250. The molecule has 2 amide bonds. The van der Waals surface area contributed by atoms with Gasteiger partial charge < -0.3 is 25.1 Å². The molecule has 2 N–H and O–H groups in total. The van der Waals surface area contributed by atoms with Crippen LogP contribution in [0.3, 0.4) is 0 Å². The normalized spacial score (nSPS) is 22.7. The molecule has 10 heteroatoms. The van der Waals surface area contributed by atoms with Crippen LogP contribution in [0.1, 0.15) is 81.9 Å². The van der Waals surface area contributed by atoms with Gasteiger partial charge in [-0.15, -0.1) is 0 Å². The maximum absolute atomic E-state index is 14.8. The Kier molecular flexibility index (Phi) is 8.97. The number of fused-ring (bicyclic) bond motifs is 5. The monoisotopic (exact) mass is 700 g/mol. The molecule has 2 saturated heterocycles. The minimum atomic E-state index is -1.32. The van der Waals surface area contributed by atoms with Crippen molar-refractivity contribution in [1.82, 2.24) is 5.32 Å². The number of amides is 2. The van der Waals surface area contributed by atoms with Gasteiger partial charge in [-0.3, -0.25) is 9.59 Å². The van der Waals surface area contributed by atoms with Crippen molar-refractivity contribution >= 4 is 28.9 Å². The fourth-order valence-electron chi connectivity index (χ4n) is 9.22. The number of piperidine rings is 1. The zero-order valence-corrected chi connectivity index (χ0v) is 29.7. The zero-order chi connectivity index (χ0) is 36.3. The lowest BCUT2D eigenvalue weighted by molar-refractivity contribution is -0.124. The Hall–Kier alpha value is -4.31. The predicted molar refractivity (Wildman–Crippen MR) is 194 cm³/mol. The molecule has 0 radical (unpaired) electrons.